The number of carbonyl (C=O) groups is 2. The molecule has 2 aromatic rings. The molecule has 0 saturated carbocycles. The Hall–Kier alpha value is -3.36. The smallest absolute Gasteiger partial charge is 0.320 e. The molecule has 1 aromatic heterocycles. The SMILES string of the molecule is CC(C)N(CC(=O)N1CCn2cccc2[C@H]1c1ccc([N+](=O)[O-])cc1)C(=O)N(C)C. The molecular weight excluding hydrogens is 386 g/mol. The lowest BCUT2D eigenvalue weighted by Crippen LogP contribution is -2.51. The minimum Gasteiger partial charge on any atom is -0.348 e. The van der Waals surface area contributed by atoms with Gasteiger partial charge >= 0.3 is 6.03 Å². The maximum Gasteiger partial charge on any atom is 0.320 e. The number of hydrogen-bond acceptors (Lipinski definition) is 4. The van der Waals surface area contributed by atoms with Gasteiger partial charge in [0.05, 0.1) is 11.0 Å². The molecule has 0 saturated heterocycles. The van der Waals surface area contributed by atoms with Gasteiger partial charge in [0.1, 0.15) is 6.54 Å². The van der Waals surface area contributed by atoms with Crippen LogP contribution < -0.4 is 0 Å². The molecule has 9 heteroatoms. The van der Waals surface area contributed by atoms with Crippen LogP contribution in [0.3, 0.4) is 0 Å². The molecule has 0 unspecified atom stereocenters. The zero-order valence-corrected chi connectivity index (χ0v) is 17.7. The maximum atomic E-state index is 13.3. The van der Waals surface area contributed by atoms with Crippen molar-refractivity contribution in [2.24, 2.45) is 0 Å². The Labute approximate surface area is 175 Å². The molecule has 3 rings (SSSR count). The van der Waals surface area contributed by atoms with Crippen LogP contribution in [0.4, 0.5) is 10.5 Å². The molecular formula is C21H27N5O4. The van der Waals surface area contributed by atoms with E-state index in [1.807, 2.05) is 32.2 Å². The Morgan fingerprint density at radius 2 is 1.83 bits per heavy atom. The van der Waals surface area contributed by atoms with Gasteiger partial charge in [0.25, 0.3) is 5.69 Å². The highest BCUT2D eigenvalue weighted by Gasteiger charge is 2.34. The van der Waals surface area contributed by atoms with Crippen LogP contribution in [-0.4, -0.2) is 69.4 Å². The van der Waals surface area contributed by atoms with Crippen molar-refractivity contribution in [1.29, 1.82) is 0 Å². The number of fused-ring (bicyclic) bond motifs is 1. The van der Waals surface area contributed by atoms with Gasteiger partial charge in [0.15, 0.2) is 0 Å². The van der Waals surface area contributed by atoms with Crippen molar-refractivity contribution in [3.63, 3.8) is 0 Å². The number of rotatable bonds is 5. The van der Waals surface area contributed by atoms with E-state index in [1.165, 1.54) is 17.0 Å². The first-order valence-electron chi connectivity index (χ1n) is 9.87. The Morgan fingerprint density at radius 1 is 1.17 bits per heavy atom. The standard InChI is InChI=1S/C21H27N5O4/c1-15(2)25(21(28)22(3)4)14-19(27)24-13-12-23-11-5-6-18(23)20(24)16-7-9-17(10-8-16)26(29)30/h5-11,15,20H,12-14H2,1-4H3/t20-/m1/s1. The molecule has 160 valence electrons. The molecule has 0 fully saturated rings. The summed E-state index contributed by atoms with van der Waals surface area (Å²) in [5, 5.41) is 11.0. The van der Waals surface area contributed by atoms with Crippen LogP contribution >= 0.6 is 0 Å². The molecule has 1 aliphatic heterocycles. The number of hydrogen-bond donors (Lipinski definition) is 0. The number of benzene rings is 1. The van der Waals surface area contributed by atoms with Crippen LogP contribution in [-0.2, 0) is 11.3 Å². The fraction of sp³-hybridized carbons (Fsp3) is 0.429. The number of aromatic nitrogens is 1. The minimum absolute atomic E-state index is 0.00498. The number of nitro benzene ring substituents is 1. The monoisotopic (exact) mass is 413 g/mol. The van der Waals surface area contributed by atoms with Gasteiger partial charge in [-0.1, -0.05) is 0 Å². The molecule has 0 N–H and O–H groups in total. The Kier molecular flexibility index (Phi) is 6.09. The molecule has 9 nitrogen and oxygen atoms in total. The van der Waals surface area contributed by atoms with E-state index in [0.717, 1.165) is 11.3 Å². The fourth-order valence-corrected chi connectivity index (χ4v) is 3.75. The van der Waals surface area contributed by atoms with Crippen molar-refractivity contribution in [3.05, 3.63) is 64.0 Å². The van der Waals surface area contributed by atoms with Crippen molar-refractivity contribution in [2.75, 3.05) is 27.2 Å². The third kappa shape index (κ3) is 4.14. The summed E-state index contributed by atoms with van der Waals surface area (Å²) < 4.78 is 2.08. The predicted octanol–water partition coefficient (Wildman–Crippen LogP) is 2.72. The van der Waals surface area contributed by atoms with E-state index in [1.54, 1.807) is 36.0 Å². The summed E-state index contributed by atoms with van der Waals surface area (Å²) >= 11 is 0. The van der Waals surface area contributed by atoms with E-state index in [0.29, 0.717) is 13.1 Å². The number of nitro groups is 1. The third-order valence-electron chi connectivity index (χ3n) is 5.34. The average molecular weight is 413 g/mol. The van der Waals surface area contributed by atoms with E-state index in [4.69, 9.17) is 0 Å². The predicted molar refractivity (Wildman–Crippen MR) is 112 cm³/mol. The first kappa shape index (κ1) is 21.4. The van der Waals surface area contributed by atoms with Gasteiger partial charge in [-0.2, -0.15) is 0 Å². The summed E-state index contributed by atoms with van der Waals surface area (Å²) in [7, 11) is 3.32. The number of urea groups is 1. The van der Waals surface area contributed by atoms with Crippen molar-refractivity contribution in [3.8, 4) is 0 Å². The van der Waals surface area contributed by atoms with Gasteiger partial charge in [-0.15, -0.1) is 0 Å². The van der Waals surface area contributed by atoms with Crippen LogP contribution in [0.25, 0.3) is 0 Å². The molecule has 3 amide bonds. The van der Waals surface area contributed by atoms with Crippen LogP contribution in [0.15, 0.2) is 42.6 Å². The van der Waals surface area contributed by atoms with Crippen LogP contribution in [0.5, 0.6) is 0 Å². The van der Waals surface area contributed by atoms with E-state index >= 15 is 0 Å². The first-order valence-corrected chi connectivity index (χ1v) is 9.87. The Morgan fingerprint density at radius 3 is 2.40 bits per heavy atom. The molecule has 1 atom stereocenters. The second-order valence-corrected chi connectivity index (χ2v) is 7.86. The highest BCUT2D eigenvalue weighted by Crippen LogP contribution is 2.33. The molecule has 1 aromatic carbocycles. The summed E-state index contributed by atoms with van der Waals surface area (Å²) in [4.78, 5) is 41.2. The number of non-ortho nitro benzene ring substituents is 1. The van der Waals surface area contributed by atoms with E-state index in [2.05, 4.69) is 4.57 Å². The fourth-order valence-electron chi connectivity index (χ4n) is 3.75. The average Bonchev–Trinajstić information content (AvgIpc) is 3.19. The van der Waals surface area contributed by atoms with Gasteiger partial charge in [-0.05, 0) is 43.7 Å². The zero-order chi connectivity index (χ0) is 22.0. The highest BCUT2D eigenvalue weighted by molar-refractivity contribution is 5.85. The van der Waals surface area contributed by atoms with Gasteiger partial charge < -0.3 is 19.3 Å². The second-order valence-electron chi connectivity index (χ2n) is 7.86. The number of amides is 3. The van der Waals surface area contributed by atoms with Crippen LogP contribution in [0.1, 0.15) is 31.1 Å². The van der Waals surface area contributed by atoms with Crippen LogP contribution in [0.2, 0.25) is 0 Å². The maximum absolute atomic E-state index is 13.3. The quantitative estimate of drug-likeness (QED) is 0.557. The number of nitrogens with zero attached hydrogens (tertiary/aromatic N) is 5. The van der Waals surface area contributed by atoms with Crippen molar-refractivity contribution in [1.82, 2.24) is 19.3 Å². The first-order chi connectivity index (χ1) is 14.2. The molecule has 1 aliphatic rings. The third-order valence-corrected chi connectivity index (χ3v) is 5.34. The van der Waals surface area contributed by atoms with Crippen LogP contribution in [0, 0.1) is 10.1 Å². The molecule has 0 aliphatic carbocycles. The molecule has 0 bridgehead atoms. The van der Waals surface area contributed by atoms with E-state index in [-0.39, 0.29) is 36.3 Å². The van der Waals surface area contributed by atoms with Gasteiger partial charge in [0, 0.05) is 57.3 Å². The van der Waals surface area contributed by atoms with E-state index < -0.39 is 4.92 Å². The molecule has 0 spiro atoms. The normalized spacial score (nSPS) is 15.6. The largest absolute Gasteiger partial charge is 0.348 e. The summed E-state index contributed by atoms with van der Waals surface area (Å²) in [6, 6.07) is 9.46. The lowest BCUT2D eigenvalue weighted by atomic mass is 9.99. The summed E-state index contributed by atoms with van der Waals surface area (Å²) in [5.74, 6) is -0.158. The Balaban J connectivity index is 1.93. The summed E-state index contributed by atoms with van der Waals surface area (Å²) in [5.41, 5.74) is 1.74. The van der Waals surface area contributed by atoms with E-state index in [9.17, 15) is 19.7 Å². The summed E-state index contributed by atoms with van der Waals surface area (Å²) in [6.07, 6.45) is 1.96. The number of carbonyl (C=O) groups excluding carboxylic acids is 2. The molecule has 2 heterocycles. The van der Waals surface area contributed by atoms with Crippen molar-refractivity contribution < 1.29 is 14.5 Å². The lowest BCUT2D eigenvalue weighted by molar-refractivity contribution is -0.384. The second kappa shape index (κ2) is 8.56. The van der Waals surface area contributed by atoms with Crippen molar-refractivity contribution in [2.45, 2.75) is 32.5 Å². The van der Waals surface area contributed by atoms with Gasteiger partial charge in [0.2, 0.25) is 5.91 Å². The molecule has 0 radical (unpaired) electrons. The minimum atomic E-state index is -0.441. The topological polar surface area (TPSA) is 91.9 Å². The Bertz CT molecular complexity index is 935. The van der Waals surface area contributed by atoms with Gasteiger partial charge in [-0.3, -0.25) is 14.9 Å². The highest BCUT2D eigenvalue weighted by atomic mass is 16.6. The van der Waals surface area contributed by atoms with Crippen molar-refractivity contribution >= 4 is 17.6 Å². The molecule has 30 heavy (non-hydrogen) atoms. The summed E-state index contributed by atoms with van der Waals surface area (Å²) in [6.45, 7) is 4.87. The lowest BCUT2D eigenvalue weighted by Gasteiger charge is -2.39. The zero-order valence-electron chi connectivity index (χ0n) is 17.7. The van der Waals surface area contributed by atoms with Gasteiger partial charge in [-0.25, -0.2) is 4.79 Å².